The molecule has 1 aliphatic rings. The molecule has 5 nitrogen and oxygen atoms in total. The molecule has 0 spiro atoms. The van der Waals surface area contributed by atoms with E-state index in [2.05, 4.69) is 5.32 Å². The van der Waals surface area contributed by atoms with Crippen molar-refractivity contribution in [2.45, 2.75) is 50.9 Å². The van der Waals surface area contributed by atoms with Crippen molar-refractivity contribution in [3.05, 3.63) is 0 Å². The zero-order valence-electron chi connectivity index (χ0n) is 11.8. The van der Waals surface area contributed by atoms with Crippen LogP contribution in [0.4, 0.5) is 0 Å². The average molecular weight is 278 g/mol. The number of hydrogen-bond acceptors (Lipinski definition) is 4. The predicted octanol–water partition coefficient (Wildman–Crippen LogP) is 0.814. The van der Waals surface area contributed by atoms with Crippen LogP contribution in [0.5, 0.6) is 0 Å². The largest absolute Gasteiger partial charge is 0.383 e. The lowest BCUT2D eigenvalue weighted by molar-refractivity contribution is 0.170. The van der Waals surface area contributed by atoms with E-state index >= 15 is 0 Å². The van der Waals surface area contributed by atoms with Crippen LogP contribution in [0.3, 0.4) is 0 Å². The summed E-state index contributed by atoms with van der Waals surface area (Å²) in [5, 5.41) is 2.88. The normalized spacial score (nSPS) is 18.6. The number of methoxy groups -OCH3 is 1. The maximum atomic E-state index is 12.4. The molecule has 0 saturated heterocycles. The molecule has 108 valence electrons. The van der Waals surface area contributed by atoms with Gasteiger partial charge in [0.2, 0.25) is 10.0 Å². The van der Waals surface area contributed by atoms with Gasteiger partial charge in [0, 0.05) is 32.3 Å². The highest BCUT2D eigenvalue weighted by Gasteiger charge is 2.31. The van der Waals surface area contributed by atoms with Gasteiger partial charge in [-0.1, -0.05) is 0 Å². The summed E-state index contributed by atoms with van der Waals surface area (Å²) >= 11 is 0. The van der Waals surface area contributed by atoms with Gasteiger partial charge < -0.3 is 10.1 Å². The minimum absolute atomic E-state index is 0.0338. The molecule has 0 aromatic rings. The molecule has 0 heterocycles. The van der Waals surface area contributed by atoms with Crippen LogP contribution >= 0.6 is 0 Å². The topological polar surface area (TPSA) is 58.6 Å². The molecule has 1 N–H and O–H groups in total. The maximum absolute atomic E-state index is 12.4. The molecule has 1 aliphatic carbocycles. The Morgan fingerprint density at radius 2 is 1.94 bits per heavy atom. The lowest BCUT2D eigenvalue weighted by Gasteiger charge is -2.29. The first-order chi connectivity index (χ1) is 8.39. The summed E-state index contributed by atoms with van der Waals surface area (Å²) in [6.07, 6.45) is 2.34. The number of rotatable bonds is 9. The van der Waals surface area contributed by atoms with Crippen molar-refractivity contribution >= 4 is 10.0 Å². The van der Waals surface area contributed by atoms with Crippen LogP contribution in [0.1, 0.15) is 33.6 Å². The van der Waals surface area contributed by atoms with E-state index in [1.807, 2.05) is 13.8 Å². The predicted molar refractivity (Wildman–Crippen MR) is 73.1 cm³/mol. The van der Waals surface area contributed by atoms with Crippen LogP contribution in [0.25, 0.3) is 0 Å². The highest BCUT2D eigenvalue weighted by atomic mass is 32.2. The van der Waals surface area contributed by atoms with Crippen molar-refractivity contribution in [1.29, 1.82) is 0 Å². The minimum atomic E-state index is -3.25. The van der Waals surface area contributed by atoms with E-state index in [1.165, 1.54) is 17.1 Å². The van der Waals surface area contributed by atoms with Gasteiger partial charge >= 0.3 is 0 Å². The molecule has 18 heavy (non-hydrogen) atoms. The molecule has 0 radical (unpaired) electrons. The van der Waals surface area contributed by atoms with Crippen LogP contribution in [-0.4, -0.2) is 56.9 Å². The highest BCUT2D eigenvalue weighted by Crippen LogP contribution is 2.19. The molecule has 1 saturated carbocycles. The highest BCUT2D eigenvalue weighted by molar-refractivity contribution is 7.89. The van der Waals surface area contributed by atoms with Gasteiger partial charge in [0.05, 0.1) is 11.9 Å². The molecule has 0 amide bonds. The third-order valence-electron chi connectivity index (χ3n) is 3.20. The monoisotopic (exact) mass is 278 g/mol. The fourth-order valence-electron chi connectivity index (χ4n) is 1.82. The lowest BCUT2D eigenvalue weighted by atomic mass is 10.4. The van der Waals surface area contributed by atoms with Gasteiger partial charge in [0.1, 0.15) is 0 Å². The first kappa shape index (κ1) is 15.9. The number of ether oxygens (including phenoxy) is 1. The molecular weight excluding hydrogens is 252 g/mol. The van der Waals surface area contributed by atoms with Gasteiger partial charge in [0.15, 0.2) is 0 Å². The molecular formula is C12H26N2O3S. The molecule has 0 bridgehead atoms. The van der Waals surface area contributed by atoms with Gasteiger partial charge in [0.25, 0.3) is 0 Å². The van der Waals surface area contributed by atoms with Crippen molar-refractivity contribution in [1.82, 2.24) is 9.62 Å². The SMILES string of the molecule is COCCN(C(C)C)S(=O)(=O)C(C)CNC1CC1. The average Bonchev–Trinajstić information content (AvgIpc) is 3.09. The smallest absolute Gasteiger partial charge is 0.218 e. The van der Waals surface area contributed by atoms with E-state index in [0.29, 0.717) is 25.7 Å². The summed E-state index contributed by atoms with van der Waals surface area (Å²) < 4.78 is 31.4. The Balaban J connectivity index is 2.59. The first-order valence-corrected chi connectivity index (χ1v) is 8.13. The van der Waals surface area contributed by atoms with E-state index in [9.17, 15) is 8.42 Å². The van der Waals surface area contributed by atoms with Crippen LogP contribution in [-0.2, 0) is 14.8 Å². The Morgan fingerprint density at radius 1 is 1.33 bits per heavy atom. The van der Waals surface area contributed by atoms with Crippen molar-refractivity contribution in [3.8, 4) is 0 Å². The Labute approximate surface area is 111 Å². The Hall–Kier alpha value is -0.170. The number of nitrogens with zero attached hydrogens (tertiary/aromatic N) is 1. The third-order valence-corrected chi connectivity index (χ3v) is 5.64. The zero-order chi connectivity index (χ0) is 13.8. The lowest BCUT2D eigenvalue weighted by Crippen LogP contribution is -2.46. The summed E-state index contributed by atoms with van der Waals surface area (Å²) in [4.78, 5) is 0. The fourth-order valence-corrected chi connectivity index (χ4v) is 3.50. The minimum Gasteiger partial charge on any atom is -0.383 e. The number of hydrogen-bond donors (Lipinski definition) is 1. The summed E-state index contributed by atoms with van der Waals surface area (Å²) in [5.41, 5.74) is 0. The standard InChI is InChI=1S/C12H26N2O3S/c1-10(2)14(7-8-17-4)18(15,16)11(3)9-13-12-5-6-12/h10-13H,5-9H2,1-4H3. The fraction of sp³-hybridized carbons (Fsp3) is 1.00. The van der Waals surface area contributed by atoms with Gasteiger partial charge in [-0.3, -0.25) is 0 Å². The first-order valence-electron chi connectivity index (χ1n) is 6.62. The second-order valence-corrected chi connectivity index (χ2v) is 7.54. The maximum Gasteiger partial charge on any atom is 0.218 e. The van der Waals surface area contributed by atoms with E-state index < -0.39 is 15.3 Å². The van der Waals surface area contributed by atoms with Gasteiger partial charge in [-0.2, -0.15) is 4.31 Å². The van der Waals surface area contributed by atoms with Crippen LogP contribution in [0, 0.1) is 0 Å². The molecule has 0 aromatic heterocycles. The summed E-state index contributed by atoms with van der Waals surface area (Å²) in [5.74, 6) is 0. The second kappa shape index (κ2) is 6.84. The molecule has 6 heteroatoms. The second-order valence-electron chi connectivity index (χ2n) is 5.24. The molecule has 1 fully saturated rings. The third kappa shape index (κ3) is 4.50. The van der Waals surface area contributed by atoms with Crippen molar-refractivity contribution < 1.29 is 13.2 Å². The van der Waals surface area contributed by atoms with Crippen LogP contribution < -0.4 is 5.32 Å². The van der Waals surface area contributed by atoms with Crippen molar-refractivity contribution in [2.75, 3.05) is 26.8 Å². The van der Waals surface area contributed by atoms with Crippen LogP contribution in [0.15, 0.2) is 0 Å². The summed E-state index contributed by atoms with van der Waals surface area (Å²) in [7, 11) is -1.66. The van der Waals surface area contributed by atoms with Crippen molar-refractivity contribution in [3.63, 3.8) is 0 Å². The molecule has 1 atom stereocenters. The van der Waals surface area contributed by atoms with Gasteiger partial charge in [-0.25, -0.2) is 8.42 Å². The zero-order valence-corrected chi connectivity index (χ0v) is 12.7. The summed E-state index contributed by atoms with van der Waals surface area (Å²) in [6, 6.07) is 0.502. The van der Waals surface area contributed by atoms with E-state index in [-0.39, 0.29) is 6.04 Å². The molecule has 1 rings (SSSR count). The van der Waals surface area contributed by atoms with Gasteiger partial charge in [-0.05, 0) is 33.6 Å². The molecule has 0 aliphatic heterocycles. The Kier molecular flexibility index (Phi) is 6.04. The van der Waals surface area contributed by atoms with Crippen LogP contribution in [0.2, 0.25) is 0 Å². The molecule has 1 unspecified atom stereocenters. The quantitative estimate of drug-likeness (QED) is 0.678. The van der Waals surface area contributed by atoms with E-state index in [0.717, 1.165) is 0 Å². The number of sulfonamides is 1. The van der Waals surface area contributed by atoms with Gasteiger partial charge in [-0.15, -0.1) is 0 Å². The van der Waals surface area contributed by atoms with E-state index in [4.69, 9.17) is 4.74 Å². The number of nitrogens with one attached hydrogen (secondary N) is 1. The Bertz CT molecular complexity index is 339. The Morgan fingerprint density at radius 3 is 2.39 bits per heavy atom. The van der Waals surface area contributed by atoms with Crippen molar-refractivity contribution in [2.24, 2.45) is 0 Å². The molecule has 0 aromatic carbocycles. The van der Waals surface area contributed by atoms with E-state index in [1.54, 1.807) is 14.0 Å². The summed E-state index contributed by atoms with van der Waals surface area (Å²) in [6.45, 7) is 6.95.